The second-order valence-electron chi connectivity index (χ2n) is 5.39. The monoisotopic (exact) mass is 276 g/mol. The van der Waals surface area contributed by atoms with Crippen LogP contribution < -0.4 is 10.6 Å². The molecule has 1 aliphatic rings. The van der Waals surface area contributed by atoms with Gasteiger partial charge in [0.15, 0.2) is 0 Å². The van der Waals surface area contributed by atoms with E-state index >= 15 is 0 Å². The summed E-state index contributed by atoms with van der Waals surface area (Å²) in [5.74, 6) is 0.427. The lowest BCUT2D eigenvalue weighted by Crippen LogP contribution is -2.38. The Hall–Kier alpha value is -1.55. The zero-order valence-electron chi connectivity index (χ0n) is 12.3. The first kappa shape index (κ1) is 14.9. The predicted octanol–water partition coefficient (Wildman–Crippen LogP) is 2.66. The van der Waals surface area contributed by atoms with E-state index in [1.807, 2.05) is 24.3 Å². The van der Waals surface area contributed by atoms with Gasteiger partial charge in [0.2, 0.25) is 0 Å². The maximum atomic E-state index is 12.2. The average molecular weight is 276 g/mol. The number of nitrogens with one attached hydrogen (secondary N) is 2. The number of anilines is 1. The SMILES string of the molecule is CCCNc1ccc(C(=O)NC(C)C2CCOC2)cc1. The molecular weight excluding hydrogens is 252 g/mol. The van der Waals surface area contributed by atoms with Gasteiger partial charge in [0.25, 0.3) is 5.91 Å². The molecule has 1 fully saturated rings. The van der Waals surface area contributed by atoms with Gasteiger partial charge in [0.05, 0.1) is 6.61 Å². The van der Waals surface area contributed by atoms with E-state index in [2.05, 4.69) is 24.5 Å². The van der Waals surface area contributed by atoms with Gasteiger partial charge in [-0.3, -0.25) is 4.79 Å². The molecule has 4 nitrogen and oxygen atoms in total. The lowest BCUT2D eigenvalue weighted by atomic mass is 10.0. The summed E-state index contributed by atoms with van der Waals surface area (Å²) in [7, 11) is 0. The highest BCUT2D eigenvalue weighted by Crippen LogP contribution is 2.17. The number of rotatable bonds is 6. The van der Waals surface area contributed by atoms with Gasteiger partial charge < -0.3 is 15.4 Å². The van der Waals surface area contributed by atoms with E-state index in [1.165, 1.54) is 0 Å². The van der Waals surface area contributed by atoms with Crippen LogP contribution in [0.15, 0.2) is 24.3 Å². The molecule has 0 bridgehead atoms. The Labute approximate surface area is 120 Å². The molecule has 0 saturated carbocycles. The number of benzene rings is 1. The Morgan fingerprint density at radius 2 is 2.15 bits per heavy atom. The summed E-state index contributed by atoms with van der Waals surface area (Å²) in [5.41, 5.74) is 1.76. The zero-order valence-corrected chi connectivity index (χ0v) is 12.3. The summed E-state index contributed by atoms with van der Waals surface area (Å²) in [6, 6.07) is 7.79. The second-order valence-corrected chi connectivity index (χ2v) is 5.39. The van der Waals surface area contributed by atoms with Crippen LogP contribution in [0.3, 0.4) is 0 Å². The standard InChI is InChI=1S/C16H24N2O2/c1-3-9-17-15-6-4-13(5-7-15)16(19)18-12(2)14-8-10-20-11-14/h4-7,12,14,17H,3,8-11H2,1-2H3,(H,18,19). The van der Waals surface area contributed by atoms with Crippen molar-refractivity contribution in [3.8, 4) is 0 Å². The van der Waals surface area contributed by atoms with Gasteiger partial charge in [0, 0.05) is 36.4 Å². The molecular formula is C16H24N2O2. The summed E-state index contributed by atoms with van der Waals surface area (Å²) < 4.78 is 5.36. The molecule has 1 amide bonds. The van der Waals surface area contributed by atoms with Crippen molar-refractivity contribution in [2.75, 3.05) is 25.1 Å². The minimum atomic E-state index is -0.00792. The smallest absolute Gasteiger partial charge is 0.251 e. The summed E-state index contributed by atoms with van der Waals surface area (Å²) in [6.45, 7) is 6.69. The molecule has 2 N–H and O–H groups in total. The molecule has 1 aliphatic heterocycles. The Morgan fingerprint density at radius 3 is 2.75 bits per heavy atom. The number of carbonyl (C=O) groups excluding carboxylic acids is 1. The molecule has 1 saturated heterocycles. The van der Waals surface area contributed by atoms with Crippen LogP contribution in [0.1, 0.15) is 37.0 Å². The maximum Gasteiger partial charge on any atom is 0.251 e. The van der Waals surface area contributed by atoms with E-state index < -0.39 is 0 Å². The molecule has 0 aliphatic carbocycles. The third kappa shape index (κ3) is 3.97. The molecule has 110 valence electrons. The van der Waals surface area contributed by atoms with Gasteiger partial charge >= 0.3 is 0 Å². The Kier molecular flexibility index (Phi) is 5.41. The summed E-state index contributed by atoms with van der Waals surface area (Å²) in [4.78, 5) is 12.2. The van der Waals surface area contributed by atoms with Crippen molar-refractivity contribution in [1.29, 1.82) is 0 Å². The third-order valence-electron chi connectivity index (χ3n) is 3.76. The van der Waals surface area contributed by atoms with Crippen LogP contribution in [0.4, 0.5) is 5.69 Å². The van der Waals surface area contributed by atoms with Gasteiger partial charge in [0.1, 0.15) is 0 Å². The molecule has 1 aromatic carbocycles. The topological polar surface area (TPSA) is 50.4 Å². The molecule has 1 aromatic rings. The summed E-state index contributed by atoms with van der Waals surface area (Å²) in [6.07, 6.45) is 2.12. The van der Waals surface area contributed by atoms with Crippen molar-refractivity contribution in [3.63, 3.8) is 0 Å². The van der Waals surface area contributed by atoms with Crippen molar-refractivity contribution in [1.82, 2.24) is 5.32 Å². The van der Waals surface area contributed by atoms with E-state index in [0.29, 0.717) is 11.5 Å². The molecule has 2 atom stereocenters. The molecule has 1 heterocycles. The molecule has 2 unspecified atom stereocenters. The minimum absolute atomic E-state index is 0.00792. The first-order valence-corrected chi connectivity index (χ1v) is 7.43. The van der Waals surface area contributed by atoms with Crippen LogP contribution in [-0.4, -0.2) is 31.7 Å². The van der Waals surface area contributed by atoms with Crippen molar-refractivity contribution in [2.45, 2.75) is 32.7 Å². The van der Waals surface area contributed by atoms with Gasteiger partial charge in [-0.25, -0.2) is 0 Å². The minimum Gasteiger partial charge on any atom is -0.385 e. The van der Waals surface area contributed by atoms with Crippen LogP contribution in [0, 0.1) is 5.92 Å². The van der Waals surface area contributed by atoms with Crippen LogP contribution >= 0.6 is 0 Å². The van der Waals surface area contributed by atoms with Crippen LogP contribution in [0.25, 0.3) is 0 Å². The van der Waals surface area contributed by atoms with Gasteiger partial charge in [-0.1, -0.05) is 6.92 Å². The lowest BCUT2D eigenvalue weighted by molar-refractivity contribution is 0.0922. The van der Waals surface area contributed by atoms with E-state index in [-0.39, 0.29) is 11.9 Å². The third-order valence-corrected chi connectivity index (χ3v) is 3.76. The number of ether oxygens (including phenoxy) is 1. The van der Waals surface area contributed by atoms with Gasteiger partial charge in [-0.05, 0) is 44.0 Å². The zero-order chi connectivity index (χ0) is 14.4. The van der Waals surface area contributed by atoms with Crippen LogP contribution in [0.5, 0.6) is 0 Å². The Balaban J connectivity index is 1.88. The van der Waals surface area contributed by atoms with Gasteiger partial charge in [-0.15, -0.1) is 0 Å². The van der Waals surface area contributed by atoms with E-state index in [1.54, 1.807) is 0 Å². The van der Waals surface area contributed by atoms with E-state index in [4.69, 9.17) is 4.74 Å². The second kappa shape index (κ2) is 7.29. The first-order chi connectivity index (χ1) is 9.70. The van der Waals surface area contributed by atoms with Crippen molar-refractivity contribution >= 4 is 11.6 Å². The highest BCUT2D eigenvalue weighted by molar-refractivity contribution is 5.94. The molecule has 0 radical (unpaired) electrons. The van der Waals surface area contributed by atoms with Crippen molar-refractivity contribution in [3.05, 3.63) is 29.8 Å². The fourth-order valence-electron chi connectivity index (χ4n) is 2.36. The highest BCUT2D eigenvalue weighted by Gasteiger charge is 2.23. The summed E-state index contributed by atoms with van der Waals surface area (Å²) in [5, 5.41) is 6.36. The first-order valence-electron chi connectivity index (χ1n) is 7.43. The van der Waals surface area contributed by atoms with Crippen LogP contribution in [0.2, 0.25) is 0 Å². The fourth-order valence-corrected chi connectivity index (χ4v) is 2.36. The Morgan fingerprint density at radius 1 is 1.40 bits per heavy atom. The number of hydrogen-bond donors (Lipinski definition) is 2. The molecule has 2 rings (SSSR count). The quantitative estimate of drug-likeness (QED) is 0.840. The number of amides is 1. The fraction of sp³-hybridized carbons (Fsp3) is 0.562. The van der Waals surface area contributed by atoms with Crippen molar-refractivity contribution < 1.29 is 9.53 Å². The van der Waals surface area contributed by atoms with E-state index in [9.17, 15) is 4.79 Å². The van der Waals surface area contributed by atoms with Gasteiger partial charge in [-0.2, -0.15) is 0 Å². The number of carbonyl (C=O) groups is 1. The predicted molar refractivity (Wildman–Crippen MR) is 81.1 cm³/mol. The lowest BCUT2D eigenvalue weighted by Gasteiger charge is -2.19. The highest BCUT2D eigenvalue weighted by atomic mass is 16.5. The van der Waals surface area contributed by atoms with Crippen LogP contribution in [-0.2, 0) is 4.74 Å². The van der Waals surface area contributed by atoms with E-state index in [0.717, 1.165) is 38.3 Å². The molecule has 4 heteroatoms. The average Bonchev–Trinajstić information content (AvgIpc) is 3.00. The maximum absolute atomic E-state index is 12.2. The number of hydrogen-bond acceptors (Lipinski definition) is 3. The molecule has 0 aromatic heterocycles. The summed E-state index contributed by atoms with van der Waals surface area (Å²) >= 11 is 0. The largest absolute Gasteiger partial charge is 0.385 e. The Bertz CT molecular complexity index is 425. The molecule has 20 heavy (non-hydrogen) atoms. The normalized spacial score (nSPS) is 19.6. The molecule has 0 spiro atoms. The van der Waals surface area contributed by atoms with Crippen molar-refractivity contribution in [2.24, 2.45) is 5.92 Å².